The van der Waals surface area contributed by atoms with Crippen molar-refractivity contribution in [2.24, 2.45) is 0 Å². The van der Waals surface area contributed by atoms with E-state index in [1.807, 2.05) is 0 Å². The number of rotatable bonds is 4. The van der Waals surface area contributed by atoms with Crippen molar-refractivity contribution >= 4 is 65.4 Å². The molecule has 11 rings (SSSR count). The van der Waals surface area contributed by atoms with Crippen LogP contribution in [0.5, 0.6) is 0 Å². The SMILES string of the molecule is C1=CCC(n2c3ccccc3c3cc(-n4c5ccccc5c5cc(-c6ccc7c(c6)c6ccccc6n7-c6ccccc6)ccc54)ccc32)C=C1. The van der Waals surface area contributed by atoms with E-state index in [-0.39, 0.29) is 0 Å². The van der Waals surface area contributed by atoms with E-state index in [9.17, 15) is 0 Å². The van der Waals surface area contributed by atoms with Gasteiger partial charge in [0.15, 0.2) is 0 Å². The summed E-state index contributed by atoms with van der Waals surface area (Å²) in [5.41, 5.74) is 12.2. The summed E-state index contributed by atoms with van der Waals surface area (Å²) in [4.78, 5) is 0. The fourth-order valence-electron chi connectivity index (χ4n) is 8.68. The second-order valence-corrected chi connectivity index (χ2v) is 13.7. The summed E-state index contributed by atoms with van der Waals surface area (Å²) >= 11 is 0. The smallest absolute Gasteiger partial charge is 0.0560 e. The zero-order valence-corrected chi connectivity index (χ0v) is 27.9. The molecule has 0 saturated carbocycles. The van der Waals surface area contributed by atoms with Crippen molar-refractivity contribution in [3.8, 4) is 22.5 Å². The number of para-hydroxylation sites is 4. The molecule has 1 aliphatic carbocycles. The van der Waals surface area contributed by atoms with E-state index < -0.39 is 0 Å². The Balaban J connectivity index is 1.09. The lowest BCUT2D eigenvalue weighted by atomic mass is 10.0. The molecule has 0 spiro atoms. The highest BCUT2D eigenvalue weighted by atomic mass is 15.0. The average Bonchev–Trinajstić information content (AvgIpc) is 3.83. The molecule has 51 heavy (non-hydrogen) atoms. The predicted octanol–water partition coefficient (Wildman–Crippen LogP) is 12.7. The maximum Gasteiger partial charge on any atom is 0.0560 e. The lowest BCUT2D eigenvalue weighted by Gasteiger charge is -2.18. The van der Waals surface area contributed by atoms with Crippen LogP contribution in [0, 0.1) is 0 Å². The number of benzene rings is 7. The molecule has 3 aromatic heterocycles. The fraction of sp³-hybridized carbons (Fsp3) is 0.0417. The Morgan fingerprint density at radius 2 is 0.863 bits per heavy atom. The minimum absolute atomic E-state index is 0.309. The standard InChI is InChI=1S/C48H33N3/c1-3-13-34(14-4-1)49-43-20-10-7-17-37(43)40-29-32(23-26-46(40)49)33-24-27-47-41(30-33)38-18-8-12-22-45(38)51(47)36-25-28-48-42(31-36)39-19-9-11-21-44(39)50(48)35-15-5-2-6-16-35/h1-15,17-31,35H,16H2. The molecule has 0 radical (unpaired) electrons. The molecule has 1 aliphatic rings. The van der Waals surface area contributed by atoms with Crippen molar-refractivity contribution in [2.45, 2.75) is 12.5 Å². The second kappa shape index (κ2) is 11.0. The molecule has 3 heteroatoms. The first-order valence-electron chi connectivity index (χ1n) is 17.8. The summed E-state index contributed by atoms with van der Waals surface area (Å²) < 4.78 is 7.34. The first-order chi connectivity index (χ1) is 25.3. The van der Waals surface area contributed by atoms with Gasteiger partial charge in [0.1, 0.15) is 0 Å². The highest BCUT2D eigenvalue weighted by Gasteiger charge is 2.20. The van der Waals surface area contributed by atoms with E-state index >= 15 is 0 Å². The van der Waals surface area contributed by atoms with Crippen LogP contribution in [-0.4, -0.2) is 13.7 Å². The summed E-state index contributed by atoms with van der Waals surface area (Å²) in [7, 11) is 0. The highest BCUT2D eigenvalue weighted by Crippen LogP contribution is 2.40. The lowest BCUT2D eigenvalue weighted by Crippen LogP contribution is -2.06. The van der Waals surface area contributed by atoms with Gasteiger partial charge in [0, 0.05) is 54.7 Å². The molecule has 10 aromatic rings. The van der Waals surface area contributed by atoms with Gasteiger partial charge in [-0.1, -0.05) is 109 Å². The normalized spacial score (nSPS) is 14.6. The van der Waals surface area contributed by atoms with Crippen LogP contribution in [0.3, 0.4) is 0 Å². The number of hydrogen-bond donors (Lipinski definition) is 0. The Kier molecular flexibility index (Phi) is 6.08. The number of aromatic nitrogens is 3. The maximum absolute atomic E-state index is 2.51. The zero-order chi connectivity index (χ0) is 33.5. The van der Waals surface area contributed by atoms with Gasteiger partial charge in [-0.25, -0.2) is 0 Å². The molecule has 0 fully saturated rings. The monoisotopic (exact) mass is 651 g/mol. The number of hydrogen-bond acceptors (Lipinski definition) is 0. The molecule has 240 valence electrons. The van der Waals surface area contributed by atoms with Crippen molar-refractivity contribution in [3.05, 3.63) is 182 Å². The molecular formula is C48H33N3. The molecular weight excluding hydrogens is 619 g/mol. The van der Waals surface area contributed by atoms with Crippen LogP contribution in [0.15, 0.2) is 182 Å². The fourth-order valence-corrected chi connectivity index (χ4v) is 8.68. The second-order valence-electron chi connectivity index (χ2n) is 13.7. The van der Waals surface area contributed by atoms with Gasteiger partial charge >= 0.3 is 0 Å². The van der Waals surface area contributed by atoms with Crippen molar-refractivity contribution < 1.29 is 0 Å². The molecule has 1 unspecified atom stereocenters. The topological polar surface area (TPSA) is 14.8 Å². The van der Waals surface area contributed by atoms with Gasteiger partial charge < -0.3 is 13.7 Å². The Morgan fingerprint density at radius 3 is 1.49 bits per heavy atom. The summed E-state index contributed by atoms with van der Waals surface area (Å²) in [6.45, 7) is 0. The zero-order valence-electron chi connectivity index (χ0n) is 27.9. The van der Waals surface area contributed by atoms with Gasteiger partial charge in [-0.2, -0.15) is 0 Å². The van der Waals surface area contributed by atoms with Crippen molar-refractivity contribution in [1.82, 2.24) is 13.7 Å². The third kappa shape index (κ3) is 4.18. The van der Waals surface area contributed by atoms with Crippen molar-refractivity contribution in [3.63, 3.8) is 0 Å². The third-order valence-corrected chi connectivity index (χ3v) is 10.9. The van der Waals surface area contributed by atoms with E-state index in [1.54, 1.807) is 0 Å². The Morgan fingerprint density at radius 1 is 0.373 bits per heavy atom. The first-order valence-corrected chi connectivity index (χ1v) is 17.8. The van der Waals surface area contributed by atoms with E-state index in [2.05, 4.69) is 196 Å². The van der Waals surface area contributed by atoms with Crippen LogP contribution in [-0.2, 0) is 0 Å². The Hall–Kier alpha value is -6.58. The quantitative estimate of drug-likeness (QED) is 0.180. The average molecular weight is 652 g/mol. The van der Waals surface area contributed by atoms with Crippen LogP contribution < -0.4 is 0 Å². The van der Waals surface area contributed by atoms with Crippen LogP contribution in [0.1, 0.15) is 12.5 Å². The van der Waals surface area contributed by atoms with Crippen LogP contribution in [0.2, 0.25) is 0 Å². The van der Waals surface area contributed by atoms with E-state index in [4.69, 9.17) is 0 Å². The van der Waals surface area contributed by atoms with E-state index in [1.165, 1.54) is 87.9 Å². The number of allylic oxidation sites excluding steroid dienone is 4. The molecule has 3 nitrogen and oxygen atoms in total. The van der Waals surface area contributed by atoms with Gasteiger partial charge in [-0.05, 0) is 90.3 Å². The molecule has 0 aliphatic heterocycles. The van der Waals surface area contributed by atoms with Gasteiger partial charge in [0.2, 0.25) is 0 Å². The van der Waals surface area contributed by atoms with Crippen LogP contribution in [0.4, 0.5) is 0 Å². The summed E-state index contributed by atoms with van der Waals surface area (Å²) in [5, 5.41) is 7.64. The maximum atomic E-state index is 2.51. The molecule has 3 heterocycles. The first kappa shape index (κ1) is 28.3. The highest BCUT2D eigenvalue weighted by molar-refractivity contribution is 6.14. The molecule has 7 aromatic carbocycles. The van der Waals surface area contributed by atoms with Crippen LogP contribution in [0.25, 0.3) is 87.9 Å². The van der Waals surface area contributed by atoms with Crippen LogP contribution >= 0.6 is 0 Å². The summed E-state index contributed by atoms with van der Waals surface area (Å²) in [6, 6.07) is 58.4. The largest absolute Gasteiger partial charge is 0.333 e. The minimum atomic E-state index is 0.309. The Bertz CT molecular complexity index is 3060. The van der Waals surface area contributed by atoms with E-state index in [0.717, 1.165) is 6.42 Å². The van der Waals surface area contributed by atoms with Gasteiger partial charge in [0.25, 0.3) is 0 Å². The van der Waals surface area contributed by atoms with Gasteiger partial charge in [-0.15, -0.1) is 0 Å². The number of nitrogens with zero attached hydrogens (tertiary/aromatic N) is 3. The van der Waals surface area contributed by atoms with Gasteiger partial charge in [0.05, 0.1) is 28.1 Å². The summed E-state index contributed by atoms with van der Waals surface area (Å²) in [6.07, 6.45) is 9.93. The van der Waals surface area contributed by atoms with E-state index in [0.29, 0.717) is 6.04 Å². The summed E-state index contributed by atoms with van der Waals surface area (Å²) in [5.74, 6) is 0. The van der Waals surface area contributed by atoms with Crippen molar-refractivity contribution in [1.29, 1.82) is 0 Å². The van der Waals surface area contributed by atoms with Crippen molar-refractivity contribution in [2.75, 3.05) is 0 Å². The third-order valence-electron chi connectivity index (χ3n) is 10.9. The Labute approximate surface area is 295 Å². The minimum Gasteiger partial charge on any atom is -0.333 e. The molecule has 0 N–H and O–H groups in total. The number of fused-ring (bicyclic) bond motifs is 9. The van der Waals surface area contributed by atoms with Gasteiger partial charge in [-0.3, -0.25) is 0 Å². The molecule has 0 bridgehead atoms. The predicted molar refractivity (Wildman–Crippen MR) is 215 cm³/mol. The molecule has 1 atom stereocenters. The lowest BCUT2D eigenvalue weighted by molar-refractivity contribution is 0.648. The molecule has 0 saturated heterocycles. The molecule has 0 amide bonds.